The van der Waals surface area contributed by atoms with Gasteiger partial charge in [0.1, 0.15) is 6.04 Å². The average molecular weight is 259 g/mol. The summed E-state index contributed by atoms with van der Waals surface area (Å²) in [5, 5.41) is 3.15. The van der Waals surface area contributed by atoms with Gasteiger partial charge in [0, 0.05) is 0 Å². The molecule has 1 unspecified atom stereocenters. The molecule has 0 saturated carbocycles. The minimum Gasteiger partial charge on any atom is -0.468 e. The van der Waals surface area contributed by atoms with Crippen molar-refractivity contribution in [1.29, 1.82) is 0 Å². The summed E-state index contributed by atoms with van der Waals surface area (Å²) in [6, 6.07) is -0.184. The summed E-state index contributed by atoms with van der Waals surface area (Å²) in [5.74, 6) is -0.168. The fourth-order valence-electron chi connectivity index (χ4n) is 1.81. The molecule has 0 amide bonds. The number of hydrogen-bond donors (Lipinski definition) is 1. The molecule has 0 radical (unpaired) electrons. The maximum Gasteiger partial charge on any atom is 0.322 e. The van der Waals surface area contributed by atoms with Crippen molar-refractivity contribution in [2.75, 3.05) is 54.4 Å². The van der Waals surface area contributed by atoms with Crippen LogP contribution in [0.15, 0.2) is 0 Å². The first-order valence-electron chi connectivity index (χ1n) is 6.65. The Morgan fingerprint density at radius 1 is 1.22 bits per heavy atom. The van der Waals surface area contributed by atoms with E-state index in [9.17, 15) is 4.79 Å². The molecule has 18 heavy (non-hydrogen) atoms. The summed E-state index contributed by atoms with van der Waals surface area (Å²) in [7, 11) is 7.69. The maximum atomic E-state index is 11.5. The molecule has 0 aromatic rings. The Kier molecular flexibility index (Phi) is 9.92. The first-order chi connectivity index (χ1) is 8.51. The first kappa shape index (κ1) is 17.4. The van der Waals surface area contributed by atoms with E-state index >= 15 is 0 Å². The molecule has 0 heterocycles. The maximum absolute atomic E-state index is 11.5. The molecule has 1 N–H and O–H groups in total. The molecular formula is C13H29N3O2. The van der Waals surface area contributed by atoms with Crippen molar-refractivity contribution >= 4 is 5.97 Å². The Bertz CT molecular complexity index is 222. The van der Waals surface area contributed by atoms with Gasteiger partial charge < -0.3 is 19.9 Å². The second-order valence-corrected chi connectivity index (χ2v) is 4.88. The van der Waals surface area contributed by atoms with Gasteiger partial charge in [-0.3, -0.25) is 4.79 Å². The predicted octanol–water partition coefficient (Wildman–Crippen LogP) is 0.411. The van der Waals surface area contributed by atoms with Crippen LogP contribution in [0.3, 0.4) is 0 Å². The molecule has 5 nitrogen and oxygen atoms in total. The summed E-state index contributed by atoms with van der Waals surface area (Å²) >= 11 is 0. The third-order valence-electron chi connectivity index (χ3n) is 2.88. The third kappa shape index (κ3) is 8.44. The minimum absolute atomic E-state index is 0.168. The lowest BCUT2D eigenvalue weighted by Gasteiger charge is -2.21. The second kappa shape index (κ2) is 10.3. The van der Waals surface area contributed by atoms with Crippen molar-refractivity contribution in [3.8, 4) is 0 Å². The van der Waals surface area contributed by atoms with Crippen molar-refractivity contribution in [2.45, 2.75) is 25.8 Å². The third-order valence-corrected chi connectivity index (χ3v) is 2.88. The number of carbonyl (C=O) groups excluding carboxylic acids is 1. The van der Waals surface area contributed by atoms with Crippen LogP contribution in [0.1, 0.15) is 19.8 Å². The van der Waals surface area contributed by atoms with Crippen LogP contribution >= 0.6 is 0 Å². The molecule has 0 aromatic heterocycles. The van der Waals surface area contributed by atoms with Crippen molar-refractivity contribution in [3.63, 3.8) is 0 Å². The number of methoxy groups -OCH3 is 1. The van der Waals surface area contributed by atoms with Crippen LogP contribution in [0.25, 0.3) is 0 Å². The highest BCUT2D eigenvalue weighted by Crippen LogP contribution is 1.98. The number of ether oxygens (including phenoxy) is 1. The smallest absolute Gasteiger partial charge is 0.322 e. The van der Waals surface area contributed by atoms with Gasteiger partial charge in [-0.05, 0) is 60.2 Å². The van der Waals surface area contributed by atoms with E-state index in [4.69, 9.17) is 4.74 Å². The second-order valence-electron chi connectivity index (χ2n) is 4.88. The molecule has 0 rings (SSSR count). The first-order valence-corrected chi connectivity index (χ1v) is 6.65. The van der Waals surface area contributed by atoms with E-state index in [1.807, 2.05) is 6.92 Å². The number of hydrogen-bond acceptors (Lipinski definition) is 5. The number of likely N-dealkylation sites (N-methyl/N-ethyl adjacent to an activating group) is 1. The van der Waals surface area contributed by atoms with Crippen molar-refractivity contribution < 1.29 is 9.53 Å². The molecule has 0 aliphatic heterocycles. The predicted molar refractivity (Wildman–Crippen MR) is 74.8 cm³/mol. The van der Waals surface area contributed by atoms with Crippen LogP contribution in [-0.4, -0.2) is 76.2 Å². The molecule has 1 atom stereocenters. The van der Waals surface area contributed by atoms with Gasteiger partial charge in [-0.25, -0.2) is 0 Å². The zero-order valence-corrected chi connectivity index (χ0v) is 12.5. The summed E-state index contributed by atoms with van der Waals surface area (Å²) in [5.41, 5.74) is 0. The van der Waals surface area contributed by atoms with E-state index in [2.05, 4.69) is 36.3 Å². The van der Waals surface area contributed by atoms with Crippen LogP contribution in [0, 0.1) is 0 Å². The van der Waals surface area contributed by atoms with E-state index < -0.39 is 0 Å². The van der Waals surface area contributed by atoms with Gasteiger partial charge in [-0.1, -0.05) is 6.92 Å². The average Bonchev–Trinajstić information content (AvgIpc) is 2.33. The van der Waals surface area contributed by atoms with Gasteiger partial charge in [-0.15, -0.1) is 0 Å². The Morgan fingerprint density at radius 2 is 1.89 bits per heavy atom. The summed E-state index contributed by atoms with van der Waals surface area (Å²) < 4.78 is 4.78. The van der Waals surface area contributed by atoms with E-state index in [1.165, 1.54) is 7.11 Å². The SMILES string of the molecule is CCNC(CCN(C)CCCN(C)C)C(=O)OC. The zero-order chi connectivity index (χ0) is 14.0. The van der Waals surface area contributed by atoms with Gasteiger partial charge in [0.05, 0.1) is 7.11 Å². The van der Waals surface area contributed by atoms with Crippen molar-refractivity contribution in [1.82, 2.24) is 15.1 Å². The van der Waals surface area contributed by atoms with Crippen molar-refractivity contribution in [3.05, 3.63) is 0 Å². The van der Waals surface area contributed by atoms with Gasteiger partial charge in [0.25, 0.3) is 0 Å². The molecule has 0 aliphatic carbocycles. The number of carbonyl (C=O) groups is 1. The number of nitrogens with one attached hydrogen (secondary N) is 1. The fraction of sp³-hybridized carbons (Fsp3) is 0.923. The highest BCUT2D eigenvalue weighted by molar-refractivity contribution is 5.75. The molecule has 108 valence electrons. The van der Waals surface area contributed by atoms with Gasteiger partial charge >= 0.3 is 5.97 Å². The van der Waals surface area contributed by atoms with Crippen LogP contribution in [0.5, 0.6) is 0 Å². The van der Waals surface area contributed by atoms with Crippen LogP contribution < -0.4 is 5.32 Å². The molecule has 0 saturated heterocycles. The summed E-state index contributed by atoms with van der Waals surface area (Å²) in [6.07, 6.45) is 1.94. The molecule has 0 aliphatic rings. The summed E-state index contributed by atoms with van der Waals surface area (Å²) in [4.78, 5) is 16.0. The minimum atomic E-state index is -0.184. The van der Waals surface area contributed by atoms with Crippen LogP contribution in [0.4, 0.5) is 0 Å². The molecular weight excluding hydrogens is 230 g/mol. The quantitative estimate of drug-likeness (QED) is 0.576. The standard InChI is InChI=1S/C13H29N3O2/c1-6-14-12(13(17)18-5)8-11-16(4)10-7-9-15(2)3/h12,14H,6-11H2,1-5H3. The van der Waals surface area contributed by atoms with Gasteiger partial charge in [-0.2, -0.15) is 0 Å². The van der Waals surface area contributed by atoms with E-state index in [0.717, 1.165) is 39.0 Å². The van der Waals surface area contributed by atoms with E-state index in [-0.39, 0.29) is 12.0 Å². The van der Waals surface area contributed by atoms with Crippen LogP contribution in [0.2, 0.25) is 0 Å². The van der Waals surface area contributed by atoms with Crippen molar-refractivity contribution in [2.24, 2.45) is 0 Å². The lowest BCUT2D eigenvalue weighted by Crippen LogP contribution is -2.40. The lowest BCUT2D eigenvalue weighted by atomic mass is 10.2. The van der Waals surface area contributed by atoms with E-state index in [0.29, 0.717) is 0 Å². The topological polar surface area (TPSA) is 44.8 Å². The Labute approximate surface area is 111 Å². The Balaban J connectivity index is 3.84. The fourth-order valence-corrected chi connectivity index (χ4v) is 1.81. The molecule has 0 fully saturated rings. The highest BCUT2D eigenvalue weighted by Gasteiger charge is 2.17. The van der Waals surface area contributed by atoms with E-state index in [1.54, 1.807) is 0 Å². The Morgan fingerprint density at radius 3 is 2.39 bits per heavy atom. The highest BCUT2D eigenvalue weighted by atomic mass is 16.5. The number of esters is 1. The molecule has 0 aromatic carbocycles. The summed E-state index contributed by atoms with van der Waals surface area (Å²) in [6.45, 7) is 5.83. The monoisotopic (exact) mass is 259 g/mol. The number of rotatable bonds is 10. The molecule has 0 spiro atoms. The largest absolute Gasteiger partial charge is 0.468 e. The normalized spacial score (nSPS) is 13.1. The molecule has 5 heteroatoms. The lowest BCUT2D eigenvalue weighted by molar-refractivity contribution is -0.143. The van der Waals surface area contributed by atoms with Gasteiger partial charge in [0.2, 0.25) is 0 Å². The van der Waals surface area contributed by atoms with Gasteiger partial charge in [0.15, 0.2) is 0 Å². The number of nitrogens with zero attached hydrogens (tertiary/aromatic N) is 2. The van der Waals surface area contributed by atoms with Crippen LogP contribution in [-0.2, 0) is 9.53 Å². The molecule has 0 bridgehead atoms. The zero-order valence-electron chi connectivity index (χ0n) is 12.5. The Hall–Kier alpha value is -0.650.